The van der Waals surface area contributed by atoms with Gasteiger partial charge in [-0.25, -0.2) is 9.37 Å². The third-order valence-corrected chi connectivity index (χ3v) is 2.93. The molecule has 2 aromatic rings. The number of aromatic nitrogens is 1. The molecule has 0 aliphatic rings. The number of halogens is 2. The van der Waals surface area contributed by atoms with Crippen molar-refractivity contribution in [3.8, 4) is 0 Å². The fourth-order valence-electron chi connectivity index (χ4n) is 1.82. The maximum Gasteiger partial charge on any atom is 0.129 e. The van der Waals surface area contributed by atoms with Gasteiger partial charge in [0.05, 0.1) is 0 Å². The highest BCUT2D eigenvalue weighted by molar-refractivity contribution is 6.29. The number of rotatable bonds is 4. The van der Waals surface area contributed by atoms with Crippen LogP contribution in [0.5, 0.6) is 0 Å². The predicted octanol–water partition coefficient (Wildman–Crippen LogP) is 3.90. The van der Waals surface area contributed by atoms with E-state index in [1.54, 1.807) is 12.3 Å². The molecular formula is C14H14ClFN2. The van der Waals surface area contributed by atoms with Gasteiger partial charge in [0.25, 0.3) is 0 Å². The van der Waals surface area contributed by atoms with Gasteiger partial charge in [0, 0.05) is 25.0 Å². The van der Waals surface area contributed by atoms with Crippen LogP contribution in [0.25, 0.3) is 0 Å². The average Bonchev–Trinajstić information content (AvgIpc) is 2.36. The molecule has 1 aromatic carbocycles. The van der Waals surface area contributed by atoms with Gasteiger partial charge < -0.3 is 4.90 Å². The summed E-state index contributed by atoms with van der Waals surface area (Å²) in [4.78, 5) is 6.02. The van der Waals surface area contributed by atoms with E-state index in [-0.39, 0.29) is 5.82 Å². The molecule has 0 saturated carbocycles. The second-order valence-corrected chi connectivity index (χ2v) is 4.37. The van der Waals surface area contributed by atoms with Crippen LogP contribution in [0.1, 0.15) is 12.5 Å². The van der Waals surface area contributed by atoms with E-state index in [0.717, 1.165) is 17.8 Å². The van der Waals surface area contributed by atoms with Gasteiger partial charge in [0.2, 0.25) is 0 Å². The molecule has 0 fully saturated rings. The summed E-state index contributed by atoms with van der Waals surface area (Å²) in [5.74, 6) is -0.223. The topological polar surface area (TPSA) is 16.1 Å². The van der Waals surface area contributed by atoms with Crippen LogP contribution in [0.15, 0.2) is 42.6 Å². The highest BCUT2D eigenvalue weighted by Crippen LogP contribution is 2.18. The molecule has 1 heterocycles. The Morgan fingerprint density at radius 3 is 2.78 bits per heavy atom. The van der Waals surface area contributed by atoms with E-state index < -0.39 is 0 Å². The molecule has 0 spiro atoms. The van der Waals surface area contributed by atoms with Crippen molar-refractivity contribution < 1.29 is 4.39 Å². The van der Waals surface area contributed by atoms with Crippen LogP contribution in [0.2, 0.25) is 5.15 Å². The zero-order valence-electron chi connectivity index (χ0n) is 10.1. The highest BCUT2D eigenvalue weighted by atomic mass is 35.5. The van der Waals surface area contributed by atoms with Crippen LogP contribution in [-0.4, -0.2) is 11.5 Å². The van der Waals surface area contributed by atoms with Crippen molar-refractivity contribution in [2.75, 3.05) is 11.4 Å². The fraction of sp³-hybridized carbons (Fsp3) is 0.214. The summed E-state index contributed by atoms with van der Waals surface area (Å²) in [7, 11) is 0. The van der Waals surface area contributed by atoms with Gasteiger partial charge in [0.1, 0.15) is 11.0 Å². The highest BCUT2D eigenvalue weighted by Gasteiger charge is 2.06. The summed E-state index contributed by atoms with van der Waals surface area (Å²) in [6.45, 7) is 3.51. The molecule has 0 atom stereocenters. The summed E-state index contributed by atoms with van der Waals surface area (Å²) in [6.07, 6.45) is 1.68. The van der Waals surface area contributed by atoms with Crippen molar-refractivity contribution in [3.05, 3.63) is 59.1 Å². The molecule has 18 heavy (non-hydrogen) atoms. The third-order valence-electron chi connectivity index (χ3n) is 2.72. The molecule has 2 nitrogen and oxygen atoms in total. The number of hydrogen-bond donors (Lipinski definition) is 0. The summed E-state index contributed by atoms with van der Waals surface area (Å²) in [6, 6.07) is 10.3. The van der Waals surface area contributed by atoms with Crippen molar-refractivity contribution in [1.29, 1.82) is 0 Å². The number of hydrogen-bond acceptors (Lipinski definition) is 2. The number of anilines is 1. The molecule has 0 unspecified atom stereocenters. The zero-order valence-corrected chi connectivity index (χ0v) is 10.9. The molecule has 0 saturated heterocycles. The van der Waals surface area contributed by atoms with Gasteiger partial charge >= 0.3 is 0 Å². The Bertz CT molecular complexity index is 531. The summed E-state index contributed by atoms with van der Waals surface area (Å²) in [5, 5.41) is 0.475. The van der Waals surface area contributed by atoms with Crippen LogP contribution >= 0.6 is 11.6 Å². The van der Waals surface area contributed by atoms with E-state index in [0.29, 0.717) is 11.7 Å². The smallest absolute Gasteiger partial charge is 0.129 e. The van der Waals surface area contributed by atoms with E-state index in [1.807, 2.05) is 25.1 Å². The molecule has 1 aromatic heterocycles. The van der Waals surface area contributed by atoms with Gasteiger partial charge in [-0.05, 0) is 42.8 Å². The van der Waals surface area contributed by atoms with Crippen molar-refractivity contribution in [3.63, 3.8) is 0 Å². The number of pyridine rings is 1. The zero-order chi connectivity index (χ0) is 13.0. The summed E-state index contributed by atoms with van der Waals surface area (Å²) < 4.78 is 13.2. The van der Waals surface area contributed by atoms with E-state index in [1.165, 1.54) is 12.1 Å². The fourth-order valence-corrected chi connectivity index (χ4v) is 2.02. The third kappa shape index (κ3) is 3.20. The Kier molecular flexibility index (Phi) is 4.15. The van der Waals surface area contributed by atoms with E-state index in [2.05, 4.69) is 9.88 Å². The minimum atomic E-state index is -0.223. The Hall–Kier alpha value is -1.61. The maximum absolute atomic E-state index is 13.2. The maximum atomic E-state index is 13.2. The number of nitrogens with zero attached hydrogens (tertiary/aromatic N) is 2. The lowest BCUT2D eigenvalue weighted by molar-refractivity contribution is 0.626. The monoisotopic (exact) mass is 264 g/mol. The SMILES string of the molecule is CCN(Cc1ccnc(Cl)c1)c1cccc(F)c1. The molecule has 94 valence electrons. The summed E-state index contributed by atoms with van der Waals surface area (Å²) in [5.41, 5.74) is 1.92. The predicted molar refractivity (Wildman–Crippen MR) is 72.4 cm³/mol. The van der Waals surface area contributed by atoms with Crippen LogP contribution in [0, 0.1) is 5.82 Å². The van der Waals surface area contributed by atoms with Crippen molar-refractivity contribution in [1.82, 2.24) is 4.98 Å². The molecule has 4 heteroatoms. The van der Waals surface area contributed by atoms with Gasteiger partial charge in [-0.1, -0.05) is 17.7 Å². The lowest BCUT2D eigenvalue weighted by Gasteiger charge is -2.23. The van der Waals surface area contributed by atoms with Gasteiger partial charge in [-0.15, -0.1) is 0 Å². The van der Waals surface area contributed by atoms with Crippen LogP contribution in [0.4, 0.5) is 10.1 Å². The minimum absolute atomic E-state index is 0.223. The molecule has 0 N–H and O–H groups in total. The van der Waals surface area contributed by atoms with E-state index in [9.17, 15) is 4.39 Å². The van der Waals surface area contributed by atoms with Gasteiger partial charge in [-0.2, -0.15) is 0 Å². The van der Waals surface area contributed by atoms with Crippen LogP contribution in [0.3, 0.4) is 0 Å². The lowest BCUT2D eigenvalue weighted by atomic mass is 10.2. The summed E-state index contributed by atoms with van der Waals surface area (Å²) >= 11 is 5.85. The van der Waals surface area contributed by atoms with Crippen LogP contribution in [-0.2, 0) is 6.54 Å². The molecule has 0 radical (unpaired) electrons. The van der Waals surface area contributed by atoms with Crippen molar-refractivity contribution in [2.45, 2.75) is 13.5 Å². The first-order valence-electron chi connectivity index (χ1n) is 5.80. The Balaban J connectivity index is 2.19. The van der Waals surface area contributed by atoms with Crippen LogP contribution < -0.4 is 4.90 Å². The first-order valence-corrected chi connectivity index (χ1v) is 6.18. The quantitative estimate of drug-likeness (QED) is 0.779. The minimum Gasteiger partial charge on any atom is -0.367 e. The Labute approximate surface area is 111 Å². The first kappa shape index (κ1) is 12.8. The standard InChI is InChI=1S/C14H14ClFN2/c1-2-18(13-5-3-4-12(16)9-13)10-11-6-7-17-14(15)8-11/h3-9H,2,10H2,1H3. The Morgan fingerprint density at radius 1 is 1.28 bits per heavy atom. The largest absolute Gasteiger partial charge is 0.367 e. The first-order chi connectivity index (χ1) is 8.69. The average molecular weight is 265 g/mol. The molecule has 0 aliphatic heterocycles. The lowest BCUT2D eigenvalue weighted by Crippen LogP contribution is -2.22. The second-order valence-electron chi connectivity index (χ2n) is 3.98. The Morgan fingerprint density at radius 2 is 2.11 bits per heavy atom. The van der Waals surface area contributed by atoms with Crippen molar-refractivity contribution in [2.24, 2.45) is 0 Å². The molecule has 0 bridgehead atoms. The van der Waals surface area contributed by atoms with Gasteiger partial charge in [0.15, 0.2) is 0 Å². The van der Waals surface area contributed by atoms with E-state index >= 15 is 0 Å². The van der Waals surface area contributed by atoms with E-state index in [4.69, 9.17) is 11.6 Å². The second kappa shape index (κ2) is 5.83. The van der Waals surface area contributed by atoms with Gasteiger partial charge in [-0.3, -0.25) is 0 Å². The normalized spacial score (nSPS) is 10.4. The molecule has 0 aliphatic carbocycles. The molecular weight excluding hydrogens is 251 g/mol. The molecule has 2 rings (SSSR count). The number of benzene rings is 1. The molecule has 0 amide bonds. The van der Waals surface area contributed by atoms with Crippen molar-refractivity contribution >= 4 is 17.3 Å².